The van der Waals surface area contributed by atoms with Gasteiger partial charge in [-0.25, -0.2) is 9.59 Å². The smallest absolute Gasteiger partial charge is 0.336 e. The number of nitro groups is 1. The van der Waals surface area contributed by atoms with E-state index in [2.05, 4.69) is 10.6 Å². The molecule has 10 heteroatoms. The third-order valence-electron chi connectivity index (χ3n) is 4.93. The van der Waals surface area contributed by atoms with Crippen molar-refractivity contribution in [1.82, 2.24) is 10.6 Å². The number of carbonyl (C=O) groups excluding carboxylic acids is 3. The van der Waals surface area contributed by atoms with Crippen LogP contribution in [0.2, 0.25) is 0 Å². The largest absolute Gasteiger partial charge is 0.466 e. The van der Waals surface area contributed by atoms with Crippen molar-refractivity contribution in [1.29, 1.82) is 0 Å². The molecule has 33 heavy (non-hydrogen) atoms. The zero-order valence-corrected chi connectivity index (χ0v) is 19.8. The van der Waals surface area contributed by atoms with E-state index in [4.69, 9.17) is 9.47 Å². The standard InChI is InChI=1S/C23H29N3O7/c1-12-17(20(27)25-14(3)21(28)33-23(4,5)6)19(18(13(2)24-12)22(29)32-7)15-9-8-10-16(11-15)26(30)31/h8-11,14,19,24H,1-7H3,(H,25,27)/t14?,19-/m0/s1. The van der Waals surface area contributed by atoms with Gasteiger partial charge in [-0.3, -0.25) is 14.9 Å². The molecule has 178 valence electrons. The zero-order valence-electron chi connectivity index (χ0n) is 19.8. The molecule has 0 spiro atoms. The molecule has 2 rings (SSSR count). The van der Waals surface area contributed by atoms with Crippen LogP contribution >= 0.6 is 0 Å². The SMILES string of the molecule is COC(=O)C1=C(C)NC(C)=C(C(=O)NC(C)C(=O)OC(C)(C)C)[C@@H]1c1cccc([N+](=O)[O-])c1. The lowest BCUT2D eigenvalue weighted by molar-refractivity contribution is -0.384. The summed E-state index contributed by atoms with van der Waals surface area (Å²) < 4.78 is 10.2. The first kappa shape index (κ1) is 25.6. The van der Waals surface area contributed by atoms with Crippen LogP contribution in [0.15, 0.2) is 46.8 Å². The second kappa shape index (κ2) is 9.85. The van der Waals surface area contributed by atoms with Crippen LogP contribution in [0.1, 0.15) is 53.0 Å². The Bertz CT molecular complexity index is 1050. The molecular formula is C23H29N3O7. The van der Waals surface area contributed by atoms with Crippen LogP contribution in [0.5, 0.6) is 0 Å². The second-order valence-corrected chi connectivity index (χ2v) is 8.71. The highest BCUT2D eigenvalue weighted by Gasteiger charge is 2.38. The maximum atomic E-state index is 13.3. The van der Waals surface area contributed by atoms with Crippen molar-refractivity contribution in [3.8, 4) is 0 Å². The predicted octanol–water partition coefficient (Wildman–Crippen LogP) is 2.85. The normalized spacial score (nSPS) is 17.1. The highest BCUT2D eigenvalue weighted by atomic mass is 16.6. The summed E-state index contributed by atoms with van der Waals surface area (Å²) in [6, 6.07) is 4.73. The highest BCUT2D eigenvalue weighted by Crippen LogP contribution is 2.39. The van der Waals surface area contributed by atoms with Gasteiger partial charge in [-0.1, -0.05) is 12.1 Å². The van der Waals surface area contributed by atoms with Gasteiger partial charge in [-0.05, 0) is 47.1 Å². The predicted molar refractivity (Wildman–Crippen MR) is 120 cm³/mol. The molecule has 1 amide bonds. The van der Waals surface area contributed by atoms with E-state index in [1.54, 1.807) is 40.7 Å². The summed E-state index contributed by atoms with van der Waals surface area (Å²) in [5.41, 5.74) is 0.599. The highest BCUT2D eigenvalue weighted by molar-refractivity contribution is 6.03. The summed E-state index contributed by atoms with van der Waals surface area (Å²) in [5.74, 6) is -2.88. The lowest BCUT2D eigenvalue weighted by Crippen LogP contribution is -2.45. The Labute approximate surface area is 192 Å². The lowest BCUT2D eigenvalue weighted by atomic mass is 9.80. The van der Waals surface area contributed by atoms with Crippen LogP contribution < -0.4 is 10.6 Å². The average Bonchev–Trinajstić information content (AvgIpc) is 2.71. The maximum absolute atomic E-state index is 13.3. The van der Waals surface area contributed by atoms with Gasteiger partial charge in [0.25, 0.3) is 11.6 Å². The maximum Gasteiger partial charge on any atom is 0.336 e. The number of nitrogens with one attached hydrogen (secondary N) is 2. The Kier molecular flexibility index (Phi) is 7.63. The summed E-state index contributed by atoms with van der Waals surface area (Å²) >= 11 is 0. The Morgan fingerprint density at radius 3 is 2.30 bits per heavy atom. The number of rotatable bonds is 6. The number of amides is 1. The molecule has 1 aromatic rings. The third-order valence-corrected chi connectivity index (χ3v) is 4.93. The zero-order chi connectivity index (χ0) is 25.1. The molecule has 10 nitrogen and oxygen atoms in total. The van der Waals surface area contributed by atoms with Gasteiger partial charge in [0.1, 0.15) is 11.6 Å². The molecule has 2 atom stereocenters. The third kappa shape index (κ3) is 5.97. The summed E-state index contributed by atoms with van der Waals surface area (Å²) in [6.45, 7) is 9.93. The van der Waals surface area contributed by atoms with Gasteiger partial charge in [0.15, 0.2) is 0 Å². The van der Waals surface area contributed by atoms with Gasteiger partial charge >= 0.3 is 11.9 Å². The van der Waals surface area contributed by atoms with Crippen molar-refractivity contribution >= 4 is 23.5 Å². The second-order valence-electron chi connectivity index (χ2n) is 8.71. The van der Waals surface area contributed by atoms with Crippen molar-refractivity contribution in [3.05, 3.63) is 62.5 Å². The van der Waals surface area contributed by atoms with Gasteiger partial charge in [-0.2, -0.15) is 0 Å². The summed E-state index contributed by atoms with van der Waals surface area (Å²) in [5, 5.41) is 16.9. The fourth-order valence-electron chi connectivity index (χ4n) is 3.55. The number of nitro benzene ring substituents is 1. The molecule has 1 aliphatic heterocycles. The first-order valence-electron chi connectivity index (χ1n) is 10.3. The van der Waals surface area contributed by atoms with Crippen LogP contribution in [0.3, 0.4) is 0 Å². The van der Waals surface area contributed by atoms with E-state index in [-0.39, 0.29) is 16.8 Å². The fraction of sp³-hybridized carbons (Fsp3) is 0.435. The summed E-state index contributed by atoms with van der Waals surface area (Å²) in [4.78, 5) is 49.1. The number of dihydropyridines is 1. The van der Waals surface area contributed by atoms with Crippen LogP contribution in [-0.2, 0) is 23.9 Å². The Morgan fingerprint density at radius 2 is 1.76 bits per heavy atom. The molecule has 0 fully saturated rings. The van der Waals surface area contributed by atoms with E-state index in [1.807, 2.05) is 0 Å². The molecule has 2 N–H and O–H groups in total. The number of esters is 2. The molecule has 0 aromatic heterocycles. The van der Waals surface area contributed by atoms with Gasteiger partial charge < -0.3 is 20.1 Å². The van der Waals surface area contributed by atoms with Crippen molar-refractivity contribution in [2.45, 2.75) is 59.1 Å². The van der Waals surface area contributed by atoms with Crippen molar-refractivity contribution < 1.29 is 28.8 Å². The molecule has 0 saturated heterocycles. The van der Waals surface area contributed by atoms with E-state index in [0.717, 1.165) is 0 Å². The topological polar surface area (TPSA) is 137 Å². The molecule has 0 radical (unpaired) electrons. The Balaban J connectivity index is 2.54. The number of hydrogen-bond donors (Lipinski definition) is 2. The van der Waals surface area contributed by atoms with Gasteiger partial charge in [-0.15, -0.1) is 0 Å². The monoisotopic (exact) mass is 459 g/mol. The van der Waals surface area contributed by atoms with Crippen LogP contribution in [0, 0.1) is 10.1 Å². The minimum atomic E-state index is -0.976. The number of non-ortho nitro benzene ring substituents is 1. The Morgan fingerprint density at radius 1 is 1.15 bits per heavy atom. The van der Waals surface area contributed by atoms with Crippen LogP contribution in [0.4, 0.5) is 5.69 Å². The quantitative estimate of drug-likeness (QED) is 0.376. The number of hydrogen-bond acceptors (Lipinski definition) is 8. The molecule has 0 bridgehead atoms. The summed E-state index contributed by atoms with van der Waals surface area (Å²) in [6.07, 6.45) is 0. The molecule has 1 aromatic carbocycles. The van der Waals surface area contributed by atoms with Gasteiger partial charge in [0.05, 0.1) is 23.5 Å². The molecular weight excluding hydrogens is 430 g/mol. The van der Waals surface area contributed by atoms with Crippen LogP contribution in [0.25, 0.3) is 0 Å². The van der Waals surface area contributed by atoms with E-state index in [1.165, 1.54) is 32.2 Å². The van der Waals surface area contributed by atoms with Crippen molar-refractivity contribution in [2.24, 2.45) is 0 Å². The minimum absolute atomic E-state index is 0.136. The molecule has 0 aliphatic carbocycles. The molecule has 0 saturated carbocycles. The van der Waals surface area contributed by atoms with Crippen LogP contribution in [-0.4, -0.2) is 41.5 Å². The van der Waals surface area contributed by atoms with Crippen molar-refractivity contribution in [2.75, 3.05) is 7.11 Å². The Hall–Kier alpha value is -3.69. The number of carbonyl (C=O) groups is 3. The lowest BCUT2D eigenvalue weighted by Gasteiger charge is -2.31. The van der Waals surface area contributed by atoms with E-state index >= 15 is 0 Å². The number of allylic oxidation sites excluding steroid dienone is 2. The molecule has 1 unspecified atom stereocenters. The van der Waals surface area contributed by atoms with E-state index in [0.29, 0.717) is 17.0 Å². The average molecular weight is 459 g/mol. The van der Waals surface area contributed by atoms with E-state index in [9.17, 15) is 24.5 Å². The first-order chi connectivity index (χ1) is 15.3. The number of methoxy groups -OCH3 is 1. The number of ether oxygens (including phenoxy) is 2. The fourth-order valence-corrected chi connectivity index (χ4v) is 3.55. The molecule has 1 heterocycles. The number of benzene rings is 1. The minimum Gasteiger partial charge on any atom is -0.466 e. The first-order valence-corrected chi connectivity index (χ1v) is 10.3. The van der Waals surface area contributed by atoms with Gasteiger partial charge in [0, 0.05) is 29.1 Å². The molecule has 1 aliphatic rings. The van der Waals surface area contributed by atoms with Crippen molar-refractivity contribution in [3.63, 3.8) is 0 Å². The number of nitrogens with zero attached hydrogens (tertiary/aromatic N) is 1. The summed E-state index contributed by atoms with van der Waals surface area (Å²) in [7, 11) is 1.21. The van der Waals surface area contributed by atoms with Gasteiger partial charge in [0.2, 0.25) is 0 Å². The van der Waals surface area contributed by atoms with E-state index < -0.39 is 40.3 Å².